The van der Waals surface area contributed by atoms with E-state index in [4.69, 9.17) is 0 Å². The molecule has 3 aromatic heterocycles. The van der Waals surface area contributed by atoms with E-state index in [1.165, 1.54) is 11.8 Å². The maximum absolute atomic E-state index is 12.9. The number of nitriles is 1. The van der Waals surface area contributed by atoms with Crippen molar-refractivity contribution in [3.05, 3.63) is 64.7 Å². The van der Waals surface area contributed by atoms with Crippen LogP contribution in [0.1, 0.15) is 23.7 Å². The van der Waals surface area contributed by atoms with Crippen LogP contribution in [0.5, 0.6) is 0 Å². The molecule has 0 radical (unpaired) electrons. The van der Waals surface area contributed by atoms with Crippen molar-refractivity contribution in [1.82, 2.24) is 19.3 Å². The molecule has 9 heteroatoms. The van der Waals surface area contributed by atoms with Crippen molar-refractivity contribution < 1.29 is 4.79 Å². The molecule has 0 fully saturated rings. The van der Waals surface area contributed by atoms with E-state index in [0.717, 1.165) is 27.6 Å². The fourth-order valence-electron chi connectivity index (χ4n) is 3.53. The first-order valence-electron chi connectivity index (χ1n) is 10.1. The van der Waals surface area contributed by atoms with Crippen LogP contribution < -0.4 is 5.32 Å². The van der Waals surface area contributed by atoms with Crippen molar-refractivity contribution in [3.63, 3.8) is 0 Å². The summed E-state index contributed by atoms with van der Waals surface area (Å²) in [6.07, 6.45) is 0. The summed E-state index contributed by atoms with van der Waals surface area (Å²) in [4.78, 5) is 13.9. The fraction of sp³-hybridized carbons (Fsp3) is 0.217. The zero-order valence-corrected chi connectivity index (χ0v) is 19.6. The lowest BCUT2D eigenvalue weighted by atomic mass is 10.2. The Kier molecular flexibility index (Phi) is 6.44. The summed E-state index contributed by atoms with van der Waals surface area (Å²) in [5.41, 5.74) is 3.14. The zero-order chi connectivity index (χ0) is 22.7. The van der Waals surface area contributed by atoms with E-state index < -0.39 is 0 Å². The molecule has 0 atom stereocenters. The maximum atomic E-state index is 12.9. The zero-order valence-electron chi connectivity index (χ0n) is 18.0. The maximum Gasteiger partial charge on any atom is 0.236 e. The highest BCUT2D eigenvalue weighted by Crippen LogP contribution is 2.31. The van der Waals surface area contributed by atoms with E-state index in [-0.39, 0.29) is 11.7 Å². The van der Waals surface area contributed by atoms with Gasteiger partial charge in [-0.3, -0.25) is 9.36 Å². The molecule has 0 aliphatic carbocycles. The number of thioether (sulfide) groups is 1. The average Bonchev–Trinajstić information content (AvgIpc) is 3.52. The standard InChI is InChI=1S/C23H22N6OS2/c1-4-28-22(19-11-8-12-31-19)26-27-23(28)32-14-20(30)25-21-18(13-24)15(2)16(3)29(21)17-9-6-5-7-10-17/h5-12H,4,14H2,1-3H3,(H,25,30). The Labute approximate surface area is 194 Å². The number of aromatic nitrogens is 4. The minimum atomic E-state index is -0.204. The molecule has 0 saturated carbocycles. The molecule has 7 nitrogen and oxygen atoms in total. The van der Waals surface area contributed by atoms with Crippen molar-refractivity contribution in [1.29, 1.82) is 5.26 Å². The predicted molar refractivity (Wildman–Crippen MR) is 128 cm³/mol. The summed E-state index contributed by atoms with van der Waals surface area (Å²) in [6, 6.07) is 15.9. The highest BCUT2D eigenvalue weighted by atomic mass is 32.2. The lowest BCUT2D eigenvalue weighted by Crippen LogP contribution is -2.18. The van der Waals surface area contributed by atoms with Crippen molar-refractivity contribution in [3.8, 4) is 22.5 Å². The van der Waals surface area contributed by atoms with E-state index >= 15 is 0 Å². The van der Waals surface area contributed by atoms with Gasteiger partial charge >= 0.3 is 0 Å². The second-order valence-electron chi connectivity index (χ2n) is 7.08. The van der Waals surface area contributed by atoms with E-state index in [2.05, 4.69) is 21.6 Å². The monoisotopic (exact) mass is 462 g/mol. The van der Waals surface area contributed by atoms with E-state index in [0.29, 0.717) is 23.1 Å². The predicted octanol–water partition coefficient (Wildman–Crippen LogP) is 5.04. The van der Waals surface area contributed by atoms with Gasteiger partial charge in [0, 0.05) is 17.9 Å². The van der Waals surface area contributed by atoms with Crippen molar-refractivity contribution in [2.24, 2.45) is 0 Å². The van der Waals surface area contributed by atoms with Gasteiger partial charge in [0.15, 0.2) is 11.0 Å². The Morgan fingerprint density at radius 1 is 1.19 bits per heavy atom. The SMILES string of the molecule is CCn1c(SCC(=O)Nc2c(C#N)c(C)c(C)n2-c2ccccc2)nnc1-c1cccs1. The molecular formula is C23H22N6OS2. The molecule has 0 unspecified atom stereocenters. The molecule has 1 aromatic carbocycles. The quantitative estimate of drug-likeness (QED) is 0.389. The molecule has 1 N–H and O–H groups in total. The lowest BCUT2D eigenvalue weighted by Gasteiger charge is -2.13. The Hall–Kier alpha value is -3.35. The molecule has 0 aliphatic rings. The van der Waals surface area contributed by atoms with Gasteiger partial charge in [-0.25, -0.2) is 0 Å². The van der Waals surface area contributed by atoms with Crippen molar-refractivity contribution in [2.45, 2.75) is 32.5 Å². The molecular weight excluding hydrogens is 440 g/mol. The van der Waals surface area contributed by atoms with Crippen LogP contribution >= 0.6 is 23.1 Å². The number of nitrogens with zero attached hydrogens (tertiary/aromatic N) is 5. The fourth-order valence-corrected chi connectivity index (χ4v) is 5.05. The smallest absolute Gasteiger partial charge is 0.236 e. The van der Waals surface area contributed by atoms with E-state index in [1.807, 2.05) is 77.8 Å². The van der Waals surface area contributed by atoms with Crippen molar-refractivity contribution >= 4 is 34.8 Å². The molecule has 32 heavy (non-hydrogen) atoms. The molecule has 0 aliphatic heterocycles. The summed E-state index contributed by atoms with van der Waals surface area (Å²) in [7, 11) is 0. The second-order valence-corrected chi connectivity index (χ2v) is 8.97. The molecule has 162 valence electrons. The largest absolute Gasteiger partial charge is 0.310 e. The first-order chi connectivity index (χ1) is 15.5. The Bertz CT molecular complexity index is 1280. The van der Waals surface area contributed by atoms with Gasteiger partial charge in [-0.05, 0) is 49.9 Å². The number of hydrogen-bond acceptors (Lipinski definition) is 6. The Balaban J connectivity index is 1.56. The Morgan fingerprint density at radius 3 is 2.62 bits per heavy atom. The molecule has 0 bridgehead atoms. The van der Waals surface area contributed by atoms with Gasteiger partial charge in [-0.1, -0.05) is 36.0 Å². The van der Waals surface area contributed by atoms with Crippen LogP contribution in [0.4, 0.5) is 5.82 Å². The third kappa shape index (κ3) is 4.07. The number of thiophene rings is 1. The van der Waals surface area contributed by atoms with Crippen LogP contribution in [0.15, 0.2) is 53.0 Å². The number of hydrogen-bond donors (Lipinski definition) is 1. The molecule has 0 spiro atoms. The molecule has 0 saturated heterocycles. The number of amides is 1. The minimum Gasteiger partial charge on any atom is -0.310 e. The topological polar surface area (TPSA) is 88.5 Å². The normalized spacial score (nSPS) is 10.8. The highest BCUT2D eigenvalue weighted by Gasteiger charge is 2.21. The van der Waals surface area contributed by atoms with Crippen LogP contribution in [0.2, 0.25) is 0 Å². The first-order valence-corrected chi connectivity index (χ1v) is 12.0. The molecule has 1 amide bonds. The van der Waals surface area contributed by atoms with Crippen LogP contribution in [-0.2, 0) is 11.3 Å². The van der Waals surface area contributed by atoms with Gasteiger partial charge in [-0.15, -0.1) is 21.5 Å². The summed E-state index contributed by atoms with van der Waals surface area (Å²) in [5, 5.41) is 24.0. The van der Waals surface area contributed by atoms with Crippen LogP contribution in [0, 0.1) is 25.2 Å². The van der Waals surface area contributed by atoms with E-state index in [1.54, 1.807) is 11.3 Å². The summed E-state index contributed by atoms with van der Waals surface area (Å²) in [5.74, 6) is 1.26. The number of benzene rings is 1. The number of carbonyl (C=O) groups excluding carboxylic acids is 1. The highest BCUT2D eigenvalue weighted by molar-refractivity contribution is 7.99. The molecule has 4 rings (SSSR count). The second kappa shape index (κ2) is 9.42. The third-order valence-electron chi connectivity index (χ3n) is 5.20. The van der Waals surface area contributed by atoms with Crippen molar-refractivity contribution in [2.75, 3.05) is 11.1 Å². The van der Waals surface area contributed by atoms with Gasteiger partial charge in [0.25, 0.3) is 0 Å². The summed E-state index contributed by atoms with van der Waals surface area (Å²) in [6.45, 7) is 6.58. The molecule has 3 heterocycles. The van der Waals surface area contributed by atoms with Gasteiger partial charge in [0.2, 0.25) is 5.91 Å². The average molecular weight is 463 g/mol. The first kappa shape index (κ1) is 21.9. The summed E-state index contributed by atoms with van der Waals surface area (Å²) < 4.78 is 3.92. The van der Waals surface area contributed by atoms with Crippen LogP contribution in [-0.4, -0.2) is 31.0 Å². The number of rotatable bonds is 7. The van der Waals surface area contributed by atoms with Gasteiger partial charge in [0.05, 0.1) is 16.2 Å². The molecule has 4 aromatic rings. The lowest BCUT2D eigenvalue weighted by molar-refractivity contribution is -0.113. The number of nitrogens with one attached hydrogen (secondary N) is 1. The van der Waals surface area contributed by atoms with Gasteiger partial charge < -0.3 is 9.88 Å². The number of anilines is 1. The Morgan fingerprint density at radius 2 is 1.97 bits per heavy atom. The third-order valence-corrected chi connectivity index (χ3v) is 7.04. The number of carbonyl (C=O) groups is 1. The summed E-state index contributed by atoms with van der Waals surface area (Å²) >= 11 is 2.94. The van der Waals surface area contributed by atoms with Crippen LogP contribution in [0.25, 0.3) is 16.4 Å². The minimum absolute atomic E-state index is 0.158. The van der Waals surface area contributed by atoms with Crippen LogP contribution in [0.3, 0.4) is 0 Å². The van der Waals surface area contributed by atoms with Gasteiger partial charge in [0.1, 0.15) is 11.9 Å². The van der Waals surface area contributed by atoms with E-state index in [9.17, 15) is 10.1 Å². The van der Waals surface area contributed by atoms with Gasteiger partial charge in [-0.2, -0.15) is 5.26 Å². The number of para-hydroxylation sites is 1.